The van der Waals surface area contributed by atoms with Gasteiger partial charge in [-0.3, -0.25) is 9.59 Å². The molecule has 4 rings (SSSR count). The Morgan fingerprint density at radius 2 is 2.00 bits per heavy atom. The van der Waals surface area contributed by atoms with Gasteiger partial charge in [-0.1, -0.05) is 6.07 Å². The third-order valence-corrected chi connectivity index (χ3v) is 5.63. The van der Waals surface area contributed by atoms with Crippen LogP contribution in [0.4, 0.5) is 13.2 Å². The molecule has 1 fully saturated rings. The summed E-state index contributed by atoms with van der Waals surface area (Å²) in [5, 5.41) is 16.7. The Balaban J connectivity index is 1.75. The molecule has 2 N–H and O–H groups in total. The summed E-state index contributed by atoms with van der Waals surface area (Å²) in [4.78, 5) is 26.3. The molecule has 184 valence electrons. The van der Waals surface area contributed by atoms with E-state index < -0.39 is 29.9 Å². The third-order valence-electron chi connectivity index (χ3n) is 5.63. The van der Waals surface area contributed by atoms with E-state index >= 15 is 0 Å². The third kappa shape index (κ3) is 5.69. The topological polar surface area (TPSA) is 103 Å². The van der Waals surface area contributed by atoms with Crippen molar-refractivity contribution >= 4 is 5.91 Å². The molecular formula is C24H22F3N3O5. The molecule has 0 saturated carbocycles. The fourth-order valence-corrected chi connectivity index (χ4v) is 3.82. The van der Waals surface area contributed by atoms with Crippen molar-refractivity contribution in [2.75, 3.05) is 19.8 Å². The molecule has 2 unspecified atom stereocenters. The standard InChI is InChI=1S/C24H22F3N3O5/c25-16-2-1-3-17(10-16)30-23(33)19(22(32)28-21(12-31)15-8-9-34-13-15)11-20(29-30)14-4-6-18(7-5-14)35-24(26)27/h1-7,10-11,15,21,24,31H,8-9,12-13H2,(H,28,32). The minimum atomic E-state index is -2.99. The average molecular weight is 489 g/mol. The summed E-state index contributed by atoms with van der Waals surface area (Å²) >= 11 is 0. The Morgan fingerprint density at radius 3 is 2.63 bits per heavy atom. The fourth-order valence-electron chi connectivity index (χ4n) is 3.82. The van der Waals surface area contributed by atoms with E-state index in [9.17, 15) is 27.9 Å². The van der Waals surface area contributed by atoms with E-state index in [1.807, 2.05) is 0 Å². The predicted molar refractivity (Wildman–Crippen MR) is 119 cm³/mol. The molecule has 2 heterocycles. The normalized spacial score (nSPS) is 16.3. The van der Waals surface area contributed by atoms with Gasteiger partial charge in [-0.05, 0) is 55.0 Å². The van der Waals surface area contributed by atoms with Gasteiger partial charge in [0.25, 0.3) is 11.5 Å². The molecule has 1 saturated heterocycles. The SMILES string of the molecule is O=C(NC(CO)C1CCOC1)c1cc(-c2ccc(OC(F)F)cc2)nn(-c2cccc(F)c2)c1=O. The van der Waals surface area contributed by atoms with Crippen molar-refractivity contribution in [3.63, 3.8) is 0 Å². The summed E-state index contributed by atoms with van der Waals surface area (Å²) in [6.07, 6.45) is 0.646. The van der Waals surface area contributed by atoms with Crippen LogP contribution in [0, 0.1) is 11.7 Å². The number of nitrogens with one attached hydrogen (secondary N) is 1. The number of aliphatic hydroxyl groups is 1. The molecule has 1 aromatic heterocycles. The van der Waals surface area contributed by atoms with Gasteiger partial charge in [0.05, 0.1) is 30.6 Å². The molecule has 0 spiro atoms. The monoisotopic (exact) mass is 489 g/mol. The highest BCUT2D eigenvalue weighted by Gasteiger charge is 2.28. The number of alkyl halides is 2. The van der Waals surface area contributed by atoms with Crippen molar-refractivity contribution in [3.05, 3.63) is 76.3 Å². The average Bonchev–Trinajstić information content (AvgIpc) is 3.37. The van der Waals surface area contributed by atoms with Crippen molar-refractivity contribution in [3.8, 4) is 22.7 Å². The summed E-state index contributed by atoms with van der Waals surface area (Å²) in [6, 6.07) is 11.2. The number of ether oxygens (including phenoxy) is 2. The van der Waals surface area contributed by atoms with Crippen molar-refractivity contribution in [2.45, 2.75) is 19.1 Å². The second kappa shape index (κ2) is 10.7. The van der Waals surface area contributed by atoms with E-state index in [4.69, 9.17) is 4.74 Å². The second-order valence-electron chi connectivity index (χ2n) is 7.93. The molecule has 2 aromatic carbocycles. The number of aliphatic hydroxyl groups excluding tert-OH is 1. The van der Waals surface area contributed by atoms with Crippen LogP contribution in [-0.2, 0) is 4.74 Å². The number of carbonyl (C=O) groups excluding carboxylic acids is 1. The lowest BCUT2D eigenvalue weighted by Crippen LogP contribution is -2.45. The maximum atomic E-state index is 13.9. The van der Waals surface area contributed by atoms with Crippen LogP contribution in [0.15, 0.2) is 59.4 Å². The number of carbonyl (C=O) groups is 1. The van der Waals surface area contributed by atoms with Crippen molar-refractivity contribution in [2.24, 2.45) is 5.92 Å². The number of aromatic nitrogens is 2. The molecule has 1 aliphatic heterocycles. The summed E-state index contributed by atoms with van der Waals surface area (Å²) in [7, 11) is 0. The van der Waals surface area contributed by atoms with Crippen LogP contribution in [0.2, 0.25) is 0 Å². The van der Waals surface area contributed by atoms with Crippen LogP contribution < -0.4 is 15.6 Å². The van der Waals surface area contributed by atoms with Gasteiger partial charge in [0.1, 0.15) is 17.1 Å². The molecule has 8 nitrogen and oxygen atoms in total. The second-order valence-corrected chi connectivity index (χ2v) is 7.93. The first-order valence-corrected chi connectivity index (χ1v) is 10.8. The number of benzene rings is 2. The molecule has 35 heavy (non-hydrogen) atoms. The Kier molecular flexibility index (Phi) is 7.47. The molecular weight excluding hydrogens is 467 g/mol. The highest BCUT2D eigenvalue weighted by atomic mass is 19.3. The molecule has 1 aliphatic rings. The van der Waals surface area contributed by atoms with Crippen LogP contribution in [0.1, 0.15) is 16.8 Å². The predicted octanol–water partition coefficient (Wildman–Crippen LogP) is 2.77. The van der Waals surface area contributed by atoms with Gasteiger partial charge in [-0.15, -0.1) is 0 Å². The maximum absolute atomic E-state index is 13.9. The van der Waals surface area contributed by atoms with Gasteiger partial charge in [0, 0.05) is 18.1 Å². The van der Waals surface area contributed by atoms with Crippen LogP contribution in [0.3, 0.4) is 0 Å². The summed E-state index contributed by atoms with van der Waals surface area (Å²) in [6.45, 7) is -2.46. The Bertz CT molecular complexity index is 1240. The van der Waals surface area contributed by atoms with Gasteiger partial charge in [0.2, 0.25) is 0 Å². The van der Waals surface area contributed by atoms with Gasteiger partial charge < -0.3 is 19.9 Å². The van der Waals surface area contributed by atoms with E-state index in [1.54, 1.807) is 0 Å². The number of hydrogen-bond acceptors (Lipinski definition) is 6. The van der Waals surface area contributed by atoms with E-state index in [0.717, 1.165) is 10.7 Å². The van der Waals surface area contributed by atoms with Crippen molar-refractivity contribution in [1.29, 1.82) is 0 Å². The highest BCUT2D eigenvalue weighted by Crippen LogP contribution is 2.23. The first-order chi connectivity index (χ1) is 16.9. The van der Waals surface area contributed by atoms with E-state index in [-0.39, 0.29) is 35.2 Å². The van der Waals surface area contributed by atoms with Crippen LogP contribution >= 0.6 is 0 Å². The molecule has 11 heteroatoms. The summed E-state index contributed by atoms with van der Waals surface area (Å²) in [5.74, 6) is -1.54. The Labute approximate surface area is 197 Å². The quantitative estimate of drug-likeness (QED) is 0.505. The van der Waals surface area contributed by atoms with Crippen LogP contribution in [0.5, 0.6) is 5.75 Å². The largest absolute Gasteiger partial charge is 0.435 e. The molecule has 0 aliphatic carbocycles. The van der Waals surface area contributed by atoms with Crippen LogP contribution in [0.25, 0.3) is 16.9 Å². The molecule has 2 atom stereocenters. The minimum Gasteiger partial charge on any atom is -0.435 e. The zero-order valence-corrected chi connectivity index (χ0v) is 18.4. The van der Waals surface area contributed by atoms with E-state index in [0.29, 0.717) is 25.2 Å². The zero-order valence-electron chi connectivity index (χ0n) is 18.4. The first kappa shape index (κ1) is 24.4. The molecule has 1 amide bonds. The number of halogens is 3. The zero-order chi connectivity index (χ0) is 24.9. The fraction of sp³-hybridized carbons (Fsp3) is 0.292. The first-order valence-electron chi connectivity index (χ1n) is 10.8. The lowest BCUT2D eigenvalue weighted by atomic mass is 9.99. The van der Waals surface area contributed by atoms with Gasteiger partial charge >= 0.3 is 6.61 Å². The lowest BCUT2D eigenvalue weighted by Gasteiger charge is -2.21. The van der Waals surface area contributed by atoms with E-state index in [2.05, 4.69) is 15.2 Å². The van der Waals surface area contributed by atoms with Crippen molar-refractivity contribution in [1.82, 2.24) is 15.1 Å². The molecule has 0 bridgehead atoms. The summed E-state index contributed by atoms with van der Waals surface area (Å²) in [5.41, 5.74) is -0.439. The number of amides is 1. The van der Waals surface area contributed by atoms with Gasteiger partial charge in [-0.2, -0.15) is 18.6 Å². The molecule has 0 radical (unpaired) electrons. The maximum Gasteiger partial charge on any atom is 0.387 e. The molecule has 3 aromatic rings. The number of rotatable bonds is 8. The summed E-state index contributed by atoms with van der Waals surface area (Å²) < 4.78 is 49.4. The Morgan fingerprint density at radius 1 is 1.23 bits per heavy atom. The van der Waals surface area contributed by atoms with Crippen molar-refractivity contribution < 1.29 is 32.5 Å². The highest BCUT2D eigenvalue weighted by molar-refractivity contribution is 5.95. The van der Waals surface area contributed by atoms with Gasteiger partial charge in [-0.25, -0.2) is 4.39 Å². The Hall–Kier alpha value is -3.70. The minimum absolute atomic E-state index is 0.0789. The number of hydrogen-bond donors (Lipinski definition) is 2. The lowest BCUT2D eigenvalue weighted by molar-refractivity contribution is -0.0498. The van der Waals surface area contributed by atoms with Crippen LogP contribution in [-0.4, -0.2) is 53.3 Å². The smallest absolute Gasteiger partial charge is 0.387 e. The van der Waals surface area contributed by atoms with Gasteiger partial charge in [0.15, 0.2) is 0 Å². The van der Waals surface area contributed by atoms with E-state index in [1.165, 1.54) is 48.5 Å². The number of nitrogens with zero attached hydrogens (tertiary/aromatic N) is 2.